The van der Waals surface area contributed by atoms with E-state index in [-0.39, 0.29) is 11.4 Å². The molecule has 0 saturated carbocycles. The average Bonchev–Trinajstić information content (AvgIpc) is 2.10. The van der Waals surface area contributed by atoms with Crippen molar-refractivity contribution in [2.75, 3.05) is 4.72 Å². The minimum atomic E-state index is -4.68. The zero-order valence-corrected chi connectivity index (χ0v) is 8.55. The van der Waals surface area contributed by atoms with Crippen molar-refractivity contribution in [3.8, 4) is 5.75 Å². The number of phenolic OH excluding ortho intramolecular Hbond substituents is 1. The molecule has 0 aromatic heterocycles. The van der Waals surface area contributed by atoms with Gasteiger partial charge in [0.05, 0.1) is 5.69 Å². The molecule has 0 saturated heterocycles. The van der Waals surface area contributed by atoms with Crippen LogP contribution in [0.3, 0.4) is 0 Å². The van der Waals surface area contributed by atoms with Crippen LogP contribution in [0.4, 0.5) is 14.5 Å². The number of anilines is 1. The SMILES string of the molecule is Cc1ccc(NS(=O)(=O)C(F)F)cc1O. The number of halogens is 2. The Morgan fingerprint density at radius 3 is 2.47 bits per heavy atom. The monoisotopic (exact) mass is 237 g/mol. The first kappa shape index (κ1) is 11.7. The van der Waals surface area contributed by atoms with E-state index < -0.39 is 15.8 Å². The molecule has 1 aromatic rings. The van der Waals surface area contributed by atoms with Gasteiger partial charge >= 0.3 is 5.76 Å². The second-order valence-corrected chi connectivity index (χ2v) is 4.56. The maximum absolute atomic E-state index is 12.0. The minimum absolute atomic E-state index is 0.0987. The maximum Gasteiger partial charge on any atom is 0.355 e. The van der Waals surface area contributed by atoms with Crippen LogP contribution in [0.15, 0.2) is 18.2 Å². The van der Waals surface area contributed by atoms with Crippen LogP contribution in [-0.2, 0) is 10.0 Å². The molecule has 0 spiro atoms. The Balaban J connectivity index is 2.96. The maximum atomic E-state index is 12.0. The molecule has 0 fully saturated rings. The minimum Gasteiger partial charge on any atom is -0.508 e. The van der Waals surface area contributed by atoms with E-state index in [4.69, 9.17) is 0 Å². The van der Waals surface area contributed by atoms with Crippen LogP contribution < -0.4 is 4.72 Å². The highest BCUT2D eigenvalue weighted by molar-refractivity contribution is 7.93. The van der Waals surface area contributed by atoms with Crippen molar-refractivity contribution >= 4 is 15.7 Å². The standard InChI is InChI=1S/C8H9F2NO3S/c1-5-2-3-6(4-7(5)12)11-15(13,14)8(9)10/h2-4,8,11-12H,1H3. The van der Waals surface area contributed by atoms with Crippen molar-refractivity contribution in [1.29, 1.82) is 0 Å². The summed E-state index contributed by atoms with van der Waals surface area (Å²) in [5.41, 5.74) is 0.424. The quantitative estimate of drug-likeness (QED) is 0.840. The lowest BCUT2D eigenvalue weighted by Gasteiger charge is -2.07. The van der Waals surface area contributed by atoms with E-state index in [1.807, 2.05) is 0 Å². The van der Waals surface area contributed by atoms with Gasteiger partial charge in [0.15, 0.2) is 0 Å². The fourth-order valence-corrected chi connectivity index (χ4v) is 1.43. The van der Waals surface area contributed by atoms with Crippen molar-refractivity contribution in [1.82, 2.24) is 0 Å². The van der Waals surface area contributed by atoms with Crippen molar-refractivity contribution < 1.29 is 22.3 Å². The van der Waals surface area contributed by atoms with Gasteiger partial charge in [-0.15, -0.1) is 0 Å². The fourth-order valence-electron chi connectivity index (χ4n) is 0.882. The molecular weight excluding hydrogens is 228 g/mol. The Morgan fingerprint density at radius 1 is 1.40 bits per heavy atom. The van der Waals surface area contributed by atoms with Gasteiger partial charge in [0.25, 0.3) is 10.0 Å². The van der Waals surface area contributed by atoms with Crippen LogP contribution in [-0.4, -0.2) is 19.3 Å². The summed E-state index contributed by atoms with van der Waals surface area (Å²) < 4.78 is 47.1. The summed E-state index contributed by atoms with van der Waals surface area (Å²) in [6.07, 6.45) is 0. The van der Waals surface area contributed by atoms with Crippen molar-refractivity contribution in [3.05, 3.63) is 23.8 Å². The Bertz CT molecular complexity index is 459. The molecule has 7 heteroatoms. The van der Waals surface area contributed by atoms with Crippen LogP contribution in [0.1, 0.15) is 5.56 Å². The number of hydrogen-bond donors (Lipinski definition) is 2. The number of rotatable bonds is 3. The third-order valence-corrected chi connectivity index (χ3v) is 2.69. The number of aromatic hydroxyl groups is 1. The zero-order chi connectivity index (χ0) is 11.6. The molecule has 1 aromatic carbocycles. The van der Waals surface area contributed by atoms with E-state index in [9.17, 15) is 22.3 Å². The van der Waals surface area contributed by atoms with E-state index in [1.165, 1.54) is 12.1 Å². The second kappa shape index (κ2) is 4.01. The summed E-state index contributed by atoms with van der Waals surface area (Å²) >= 11 is 0. The van der Waals surface area contributed by atoms with Gasteiger partial charge in [0.1, 0.15) is 5.75 Å². The van der Waals surface area contributed by atoms with Gasteiger partial charge < -0.3 is 5.11 Å². The molecule has 1 rings (SSSR count). The molecule has 15 heavy (non-hydrogen) atoms. The Labute approximate surface area is 85.6 Å². The molecule has 0 aliphatic carbocycles. The number of sulfonamides is 1. The highest BCUT2D eigenvalue weighted by Crippen LogP contribution is 2.22. The average molecular weight is 237 g/mol. The summed E-state index contributed by atoms with van der Waals surface area (Å²) in [6, 6.07) is 3.77. The van der Waals surface area contributed by atoms with Gasteiger partial charge in [0.2, 0.25) is 0 Å². The molecule has 2 N–H and O–H groups in total. The topological polar surface area (TPSA) is 66.4 Å². The molecule has 4 nitrogen and oxygen atoms in total. The largest absolute Gasteiger partial charge is 0.508 e. The molecule has 0 heterocycles. The second-order valence-electron chi connectivity index (χ2n) is 2.91. The van der Waals surface area contributed by atoms with Gasteiger partial charge in [-0.1, -0.05) is 6.07 Å². The first-order valence-corrected chi connectivity index (χ1v) is 5.47. The Morgan fingerprint density at radius 2 is 2.00 bits per heavy atom. The third kappa shape index (κ3) is 2.79. The van der Waals surface area contributed by atoms with E-state index in [0.717, 1.165) is 6.07 Å². The van der Waals surface area contributed by atoms with Gasteiger partial charge in [0, 0.05) is 6.07 Å². The lowest BCUT2D eigenvalue weighted by Crippen LogP contribution is -2.20. The molecule has 0 aliphatic rings. The van der Waals surface area contributed by atoms with Crippen molar-refractivity contribution in [2.24, 2.45) is 0 Å². The van der Waals surface area contributed by atoms with E-state index >= 15 is 0 Å². The predicted octanol–water partition coefficient (Wildman–Crippen LogP) is 1.66. The summed E-state index contributed by atoms with van der Waals surface area (Å²) in [6.45, 7) is 1.60. The molecule has 0 amide bonds. The molecule has 0 aliphatic heterocycles. The van der Waals surface area contributed by atoms with E-state index in [2.05, 4.69) is 0 Å². The third-order valence-electron chi connectivity index (χ3n) is 1.70. The highest BCUT2D eigenvalue weighted by Gasteiger charge is 2.23. The van der Waals surface area contributed by atoms with E-state index in [1.54, 1.807) is 11.6 Å². The van der Waals surface area contributed by atoms with Crippen LogP contribution in [0.25, 0.3) is 0 Å². The fraction of sp³-hybridized carbons (Fsp3) is 0.250. The number of hydrogen-bond acceptors (Lipinski definition) is 3. The predicted molar refractivity (Wildman–Crippen MR) is 51.4 cm³/mol. The van der Waals surface area contributed by atoms with Crippen LogP contribution >= 0.6 is 0 Å². The summed E-state index contributed by atoms with van der Waals surface area (Å²) in [4.78, 5) is 0. The summed E-state index contributed by atoms with van der Waals surface area (Å²) in [5.74, 6) is -3.66. The first-order valence-electron chi connectivity index (χ1n) is 3.92. The molecule has 0 bridgehead atoms. The summed E-state index contributed by atoms with van der Waals surface area (Å²) in [5, 5.41) is 9.21. The highest BCUT2D eigenvalue weighted by atomic mass is 32.2. The van der Waals surface area contributed by atoms with Crippen LogP contribution in [0.5, 0.6) is 5.75 Å². The number of benzene rings is 1. The first-order chi connectivity index (χ1) is 6.83. The molecule has 0 radical (unpaired) electrons. The lowest BCUT2D eigenvalue weighted by atomic mass is 10.2. The van der Waals surface area contributed by atoms with Gasteiger partial charge in [-0.2, -0.15) is 8.78 Å². The van der Waals surface area contributed by atoms with Gasteiger partial charge in [-0.25, -0.2) is 8.42 Å². The molecule has 0 unspecified atom stereocenters. The van der Waals surface area contributed by atoms with Crippen LogP contribution in [0, 0.1) is 6.92 Å². The number of phenols is 1. The smallest absolute Gasteiger partial charge is 0.355 e. The van der Waals surface area contributed by atoms with Gasteiger partial charge in [-0.3, -0.25) is 4.72 Å². The van der Waals surface area contributed by atoms with Crippen molar-refractivity contribution in [3.63, 3.8) is 0 Å². The van der Waals surface area contributed by atoms with Crippen LogP contribution in [0.2, 0.25) is 0 Å². The van der Waals surface area contributed by atoms with Gasteiger partial charge in [-0.05, 0) is 18.6 Å². The normalized spacial score (nSPS) is 11.7. The van der Waals surface area contributed by atoms with E-state index in [0.29, 0.717) is 5.56 Å². The Hall–Kier alpha value is -1.37. The lowest BCUT2D eigenvalue weighted by molar-refractivity contribution is 0.236. The van der Waals surface area contributed by atoms with Crippen molar-refractivity contribution in [2.45, 2.75) is 12.7 Å². The number of aryl methyl sites for hydroxylation is 1. The molecule has 84 valence electrons. The zero-order valence-electron chi connectivity index (χ0n) is 7.74. The molecule has 0 atom stereocenters. The molecular formula is C8H9F2NO3S. The number of alkyl halides is 2. The Kier molecular flexibility index (Phi) is 3.13. The summed E-state index contributed by atoms with van der Waals surface area (Å²) in [7, 11) is -4.68. The number of nitrogens with one attached hydrogen (secondary N) is 1.